The Morgan fingerprint density at radius 3 is 2.71 bits per heavy atom. The Morgan fingerprint density at radius 1 is 1.38 bits per heavy atom. The van der Waals surface area contributed by atoms with E-state index in [0.29, 0.717) is 0 Å². The number of hydrogen-bond acceptors (Lipinski definition) is 4. The number of nitrogens with one attached hydrogen (secondary N) is 2. The number of aromatic nitrogens is 1. The molecule has 0 fully saturated rings. The van der Waals surface area contributed by atoms with E-state index >= 15 is 0 Å². The van der Waals surface area contributed by atoms with Crippen LogP contribution in [0.2, 0.25) is 0 Å². The van der Waals surface area contributed by atoms with Crippen LogP contribution in [0.25, 0.3) is 0 Å². The van der Waals surface area contributed by atoms with E-state index in [2.05, 4.69) is 9.71 Å². The zero-order valence-corrected chi connectivity index (χ0v) is 12.0. The van der Waals surface area contributed by atoms with Gasteiger partial charge in [-0.2, -0.15) is 0 Å². The molecule has 21 heavy (non-hydrogen) atoms. The Labute approximate surface area is 121 Å². The summed E-state index contributed by atoms with van der Waals surface area (Å²) in [5.41, 5.74) is 0.563. The Morgan fingerprint density at radius 2 is 2.14 bits per heavy atom. The molecule has 2 rings (SSSR count). The van der Waals surface area contributed by atoms with Gasteiger partial charge in [-0.1, -0.05) is 0 Å². The summed E-state index contributed by atoms with van der Waals surface area (Å²) in [6.07, 6.45) is 3.35. The van der Waals surface area contributed by atoms with E-state index in [1.54, 1.807) is 18.5 Å². The van der Waals surface area contributed by atoms with Crippen molar-refractivity contribution in [3.05, 3.63) is 47.8 Å². The fourth-order valence-corrected chi connectivity index (χ4v) is 2.79. The molecule has 8 heteroatoms. The SMILES string of the molecule is COc1ccc(S(=O)(=O)NCc2cc[nH]c2)cc1C(=O)O. The minimum Gasteiger partial charge on any atom is -0.496 e. The van der Waals surface area contributed by atoms with E-state index in [9.17, 15) is 13.2 Å². The number of hydrogen-bond donors (Lipinski definition) is 3. The van der Waals surface area contributed by atoms with Crippen molar-refractivity contribution in [3.8, 4) is 5.75 Å². The van der Waals surface area contributed by atoms with Gasteiger partial charge < -0.3 is 14.8 Å². The number of aromatic amines is 1. The second kappa shape index (κ2) is 5.98. The van der Waals surface area contributed by atoms with Crippen molar-refractivity contribution in [1.82, 2.24) is 9.71 Å². The molecule has 0 radical (unpaired) electrons. The minimum absolute atomic E-state index is 0.104. The lowest BCUT2D eigenvalue weighted by molar-refractivity contribution is 0.0693. The average Bonchev–Trinajstić information content (AvgIpc) is 2.97. The lowest BCUT2D eigenvalue weighted by Crippen LogP contribution is -2.23. The topological polar surface area (TPSA) is 108 Å². The Balaban J connectivity index is 2.27. The van der Waals surface area contributed by atoms with Crippen molar-refractivity contribution >= 4 is 16.0 Å². The molecule has 1 heterocycles. The van der Waals surface area contributed by atoms with Crippen LogP contribution in [-0.2, 0) is 16.6 Å². The fraction of sp³-hybridized carbons (Fsp3) is 0.154. The standard InChI is InChI=1S/C13H14N2O5S/c1-20-12-3-2-10(6-11(12)13(16)17)21(18,19)15-8-9-4-5-14-7-9/h2-7,14-15H,8H2,1H3,(H,16,17). The summed E-state index contributed by atoms with van der Waals surface area (Å²) in [7, 11) is -2.48. The minimum atomic E-state index is -3.80. The number of H-pyrrole nitrogens is 1. The molecule has 3 N–H and O–H groups in total. The summed E-state index contributed by atoms with van der Waals surface area (Å²) in [4.78, 5) is 13.8. The third-order valence-electron chi connectivity index (χ3n) is 2.84. The van der Waals surface area contributed by atoms with Crippen LogP contribution < -0.4 is 9.46 Å². The number of ether oxygens (including phenoxy) is 1. The highest BCUT2D eigenvalue weighted by Gasteiger charge is 2.19. The summed E-state index contributed by atoms with van der Waals surface area (Å²) in [5, 5.41) is 9.07. The molecular formula is C13H14N2O5S. The number of carbonyl (C=O) groups is 1. The first-order valence-electron chi connectivity index (χ1n) is 5.96. The highest BCUT2D eigenvalue weighted by atomic mass is 32.2. The van der Waals surface area contributed by atoms with Crippen LogP contribution in [0.3, 0.4) is 0 Å². The van der Waals surface area contributed by atoms with E-state index in [1.165, 1.54) is 19.2 Å². The molecule has 0 aliphatic heterocycles. The first kappa shape index (κ1) is 15.1. The summed E-state index contributed by atoms with van der Waals surface area (Å²) in [5.74, 6) is -1.15. The van der Waals surface area contributed by atoms with Crippen LogP contribution >= 0.6 is 0 Å². The number of sulfonamides is 1. The van der Waals surface area contributed by atoms with Crippen LogP contribution in [0.15, 0.2) is 41.6 Å². The molecule has 2 aromatic rings. The third-order valence-corrected chi connectivity index (χ3v) is 4.24. The Kier molecular flexibility index (Phi) is 4.29. The van der Waals surface area contributed by atoms with Crippen LogP contribution in [-0.4, -0.2) is 31.6 Å². The van der Waals surface area contributed by atoms with Gasteiger partial charge in [-0.15, -0.1) is 0 Å². The molecule has 1 aromatic heterocycles. The van der Waals surface area contributed by atoms with E-state index < -0.39 is 16.0 Å². The van der Waals surface area contributed by atoms with E-state index in [1.807, 2.05) is 0 Å². The Bertz CT molecular complexity index is 738. The molecule has 112 valence electrons. The average molecular weight is 310 g/mol. The first-order valence-corrected chi connectivity index (χ1v) is 7.45. The predicted octanol–water partition coefficient (Wildman–Crippen LogP) is 1.20. The van der Waals surface area contributed by atoms with Crippen LogP contribution in [0.4, 0.5) is 0 Å². The highest BCUT2D eigenvalue weighted by molar-refractivity contribution is 7.89. The molecule has 0 atom stereocenters. The number of rotatable bonds is 6. The summed E-state index contributed by atoms with van der Waals surface area (Å²) >= 11 is 0. The van der Waals surface area contributed by atoms with Gasteiger partial charge >= 0.3 is 5.97 Å². The molecule has 0 aliphatic rings. The fourth-order valence-electron chi connectivity index (χ4n) is 1.75. The van der Waals surface area contributed by atoms with Crippen LogP contribution in [0.5, 0.6) is 5.75 Å². The van der Waals surface area contributed by atoms with Crippen molar-refractivity contribution in [2.45, 2.75) is 11.4 Å². The highest BCUT2D eigenvalue weighted by Crippen LogP contribution is 2.22. The molecule has 1 aromatic carbocycles. The van der Waals surface area contributed by atoms with Gasteiger partial charge in [-0.25, -0.2) is 17.9 Å². The molecule has 0 bridgehead atoms. The van der Waals surface area contributed by atoms with Crippen molar-refractivity contribution in [2.75, 3.05) is 7.11 Å². The van der Waals surface area contributed by atoms with E-state index in [-0.39, 0.29) is 22.8 Å². The number of benzene rings is 1. The number of methoxy groups -OCH3 is 1. The van der Waals surface area contributed by atoms with Gasteiger partial charge in [0, 0.05) is 18.9 Å². The quantitative estimate of drug-likeness (QED) is 0.743. The maximum Gasteiger partial charge on any atom is 0.339 e. The molecule has 0 amide bonds. The van der Waals surface area contributed by atoms with E-state index in [4.69, 9.17) is 9.84 Å². The molecular weight excluding hydrogens is 296 g/mol. The van der Waals surface area contributed by atoms with Crippen molar-refractivity contribution in [2.24, 2.45) is 0 Å². The van der Waals surface area contributed by atoms with Crippen LogP contribution in [0.1, 0.15) is 15.9 Å². The zero-order valence-electron chi connectivity index (χ0n) is 11.2. The van der Waals surface area contributed by atoms with Gasteiger partial charge in [0.05, 0.1) is 12.0 Å². The van der Waals surface area contributed by atoms with Gasteiger partial charge in [-0.05, 0) is 29.8 Å². The summed E-state index contributed by atoms with van der Waals surface area (Å²) in [6.45, 7) is 0.111. The van der Waals surface area contributed by atoms with Gasteiger partial charge in [-0.3, -0.25) is 0 Å². The number of carboxylic acid groups (broad SMARTS) is 1. The van der Waals surface area contributed by atoms with Crippen molar-refractivity contribution in [1.29, 1.82) is 0 Å². The monoisotopic (exact) mass is 310 g/mol. The van der Waals surface area contributed by atoms with E-state index in [0.717, 1.165) is 11.6 Å². The third kappa shape index (κ3) is 3.41. The summed E-state index contributed by atoms with van der Waals surface area (Å²) in [6, 6.07) is 5.42. The smallest absolute Gasteiger partial charge is 0.339 e. The molecule has 0 spiro atoms. The lowest BCUT2D eigenvalue weighted by Gasteiger charge is -2.09. The molecule has 0 saturated carbocycles. The first-order chi connectivity index (χ1) is 9.94. The number of aromatic carboxylic acids is 1. The zero-order chi connectivity index (χ0) is 15.5. The van der Waals surface area contributed by atoms with Gasteiger partial charge in [0.25, 0.3) is 0 Å². The Hall–Kier alpha value is -2.32. The van der Waals surface area contributed by atoms with Gasteiger partial charge in [0.2, 0.25) is 10.0 Å². The maximum absolute atomic E-state index is 12.1. The predicted molar refractivity (Wildman–Crippen MR) is 74.8 cm³/mol. The van der Waals surface area contributed by atoms with Gasteiger partial charge in [0.15, 0.2) is 0 Å². The second-order valence-electron chi connectivity index (χ2n) is 4.21. The normalized spacial score (nSPS) is 11.3. The summed E-state index contributed by atoms with van der Waals surface area (Å²) < 4.78 is 31.6. The van der Waals surface area contributed by atoms with Crippen molar-refractivity contribution < 1.29 is 23.1 Å². The number of carboxylic acids is 1. The lowest BCUT2D eigenvalue weighted by atomic mass is 10.2. The second-order valence-corrected chi connectivity index (χ2v) is 5.98. The van der Waals surface area contributed by atoms with Crippen LogP contribution in [0, 0.1) is 0 Å². The molecule has 7 nitrogen and oxygen atoms in total. The molecule has 0 saturated heterocycles. The van der Waals surface area contributed by atoms with Crippen molar-refractivity contribution in [3.63, 3.8) is 0 Å². The van der Waals surface area contributed by atoms with Gasteiger partial charge in [0.1, 0.15) is 11.3 Å². The molecule has 0 aliphatic carbocycles. The maximum atomic E-state index is 12.1. The molecule has 0 unspecified atom stereocenters. The largest absolute Gasteiger partial charge is 0.496 e.